The highest BCUT2D eigenvalue weighted by Crippen LogP contribution is 2.18. The van der Waals surface area contributed by atoms with Crippen molar-refractivity contribution in [3.8, 4) is 5.88 Å². The minimum Gasteiger partial charge on any atom is -0.478 e. The van der Waals surface area contributed by atoms with Gasteiger partial charge >= 0.3 is 0 Å². The van der Waals surface area contributed by atoms with Gasteiger partial charge in [-0.3, -0.25) is 0 Å². The molecular weight excluding hydrogens is 216 g/mol. The lowest BCUT2D eigenvalue weighted by Crippen LogP contribution is -2.28. The fourth-order valence-electron chi connectivity index (χ4n) is 1.98. The predicted octanol–water partition coefficient (Wildman–Crippen LogP) is 0.983. The summed E-state index contributed by atoms with van der Waals surface area (Å²) in [4.78, 5) is 11.0. The average Bonchev–Trinajstić information content (AvgIpc) is 2.57. The first kappa shape index (κ1) is 12.1. The van der Waals surface area contributed by atoms with Gasteiger partial charge in [0.05, 0.1) is 6.61 Å². The van der Waals surface area contributed by atoms with Gasteiger partial charge in [-0.25, -0.2) is 4.98 Å². The Morgan fingerprint density at radius 3 is 3.06 bits per heavy atom. The van der Waals surface area contributed by atoms with E-state index in [1.807, 2.05) is 19.9 Å². The molecule has 17 heavy (non-hydrogen) atoms. The van der Waals surface area contributed by atoms with Crippen LogP contribution in [0.2, 0.25) is 0 Å². The summed E-state index contributed by atoms with van der Waals surface area (Å²) >= 11 is 0. The second-order valence-electron chi connectivity index (χ2n) is 4.14. The van der Waals surface area contributed by atoms with Crippen LogP contribution < -0.4 is 15.0 Å². The number of nitrogens with zero attached hydrogens (tertiary/aromatic N) is 3. The molecule has 0 aromatic carbocycles. The number of nitrogens with one attached hydrogen (secondary N) is 1. The van der Waals surface area contributed by atoms with Crippen LogP contribution in [0, 0.1) is 6.92 Å². The van der Waals surface area contributed by atoms with E-state index in [0.717, 1.165) is 44.2 Å². The molecule has 0 aliphatic carbocycles. The number of ether oxygens (including phenoxy) is 1. The maximum Gasteiger partial charge on any atom is 0.218 e. The number of aryl methyl sites for hydroxylation is 1. The van der Waals surface area contributed by atoms with Crippen LogP contribution in [0.5, 0.6) is 5.88 Å². The first-order valence-electron chi connectivity index (χ1n) is 6.23. The highest BCUT2D eigenvalue weighted by Gasteiger charge is 2.12. The van der Waals surface area contributed by atoms with Crippen molar-refractivity contribution in [2.24, 2.45) is 0 Å². The zero-order valence-corrected chi connectivity index (χ0v) is 10.6. The standard InChI is InChI=1S/C12H20N4O/c1-3-17-12-9-11(14-10(2)15-12)16-7-4-5-13-6-8-16/h9,13H,3-8H2,1-2H3. The van der Waals surface area contributed by atoms with E-state index >= 15 is 0 Å². The molecule has 5 heteroatoms. The second-order valence-corrected chi connectivity index (χ2v) is 4.14. The summed E-state index contributed by atoms with van der Waals surface area (Å²) in [6, 6.07) is 1.93. The van der Waals surface area contributed by atoms with E-state index < -0.39 is 0 Å². The first-order valence-corrected chi connectivity index (χ1v) is 6.23. The van der Waals surface area contributed by atoms with Crippen molar-refractivity contribution < 1.29 is 4.74 Å². The van der Waals surface area contributed by atoms with Crippen molar-refractivity contribution in [2.75, 3.05) is 37.7 Å². The third-order valence-corrected chi connectivity index (χ3v) is 2.76. The Kier molecular flexibility index (Phi) is 4.14. The van der Waals surface area contributed by atoms with Gasteiger partial charge in [0.1, 0.15) is 11.6 Å². The van der Waals surface area contributed by atoms with Gasteiger partial charge in [0.2, 0.25) is 5.88 Å². The van der Waals surface area contributed by atoms with Crippen LogP contribution in [0.4, 0.5) is 5.82 Å². The maximum atomic E-state index is 5.46. The molecule has 5 nitrogen and oxygen atoms in total. The van der Waals surface area contributed by atoms with Gasteiger partial charge in [-0.2, -0.15) is 4.98 Å². The molecule has 94 valence electrons. The topological polar surface area (TPSA) is 50.3 Å². The Balaban J connectivity index is 2.17. The summed E-state index contributed by atoms with van der Waals surface area (Å²) < 4.78 is 5.46. The van der Waals surface area contributed by atoms with E-state index in [1.54, 1.807) is 0 Å². The highest BCUT2D eigenvalue weighted by molar-refractivity contribution is 5.42. The Morgan fingerprint density at radius 1 is 1.35 bits per heavy atom. The van der Waals surface area contributed by atoms with Crippen LogP contribution >= 0.6 is 0 Å². The van der Waals surface area contributed by atoms with Gasteiger partial charge in [0.15, 0.2) is 0 Å². The number of rotatable bonds is 3. The predicted molar refractivity (Wildman–Crippen MR) is 67.6 cm³/mol. The molecule has 1 aromatic rings. The Morgan fingerprint density at radius 2 is 2.24 bits per heavy atom. The fourth-order valence-corrected chi connectivity index (χ4v) is 1.98. The van der Waals surface area contributed by atoms with Crippen molar-refractivity contribution in [1.82, 2.24) is 15.3 Å². The lowest BCUT2D eigenvalue weighted by Gasteiger charge is -2.21. The molecule has 0 unspecified atom stereocenters. The zero-order chi connectivity index (χ0) is 12.1. The quantitative estimate of drug-likeness (QED) is 0.848. The molecule has 0 saturated carbocycles. The molecule has 0 spiro atoms. The summed E-state index contributed by atoms with van der Waals surface area (Å²) in [5.74, 6) is 2.42. The molecule has 1 aliphatic rings. The summed E-state index contributed by atoms with van der Waals surface area (Å²) in [7, 11) is 0. The van der Waals surface area contributed by atoms with Gasteiger partial charge in [-0.15, -0.1) is 0 Å². The number of hydrogen-bond acceptors (Lipinski definition) is 5. The molecule has 0 atom stereocenters. The number of anilines is 1. The van der Waals surface area contributed by atoms with E-state index in [2.05, 4.69) is 20.2 Å². The van der Waals surface area contributed by atoms with Gasteiger partial charge in [0, 0.05) is 25.7 Å². The molecule has 0 bridgehead atoms. The van der Waals surface area contributed by atoms with Gasteiger partial charge < -0.3 is 15.0 Å². The third-order valence-electron chi connectivity index (χ3n) is 2.76. The molecule has 1 fully saturated rings. The normalized spacial score (nSPS) is 16.7. The van der Waals surface area contributed by atoms with Gasteiger partial charge in [-0.05, 0) is 26.8 Å². The van der Waals surface area contributed by atoms with Gasteiger partial charge in [-0.1, -0.05) is 0 Å². The Labute approximate surface area is 102 Å². The summed E-state index contributed by atoms with van der Waals surface area (Å²) in [6.07, 6.45) is 1.15. The average molecular weight is 236 g/mol. The minimum absolute atomic E-state index is 0.636. The van der Waals surface area contributed by atoms with Crippen LogP contribution in [-0.2, 0) is 0 Å². The molecule has 1 aliphatic heterocycles. The van der Waals surface area contributed by atoms with Crippen LogP contribution in [0.3, 0.4) is 0 Å². The molecular formula is C12H20N4O. The molecule has 2 heterocycles. The van der Waals surface area contributed by atoms with E-state index in [1.165, 1.54) is 0 Å². The molecule has 1 N–H and O–H groups in total. The SMILES string of the molecule is CCOc1cc(N2CCCNCC2)nc(C)n1. The fraction of sp³-hybridized carbons (Fsp3) is 0.667. The molecule has 0 radical (unpaired) electrons. The summed E-state index contributed by atoms with van der Waals surface area (Å²) in [5, 5.41) is 3.39. The van der Waals surface area contributed by atoms with E-state index in [4.69, 9.17) is 4.74 Å². The highest BCUT2D eigenvalue weighted by atomic mass is 16.5. The van der Waals surface area contributed by atoms with Crippen molar-refractivity contribution in [2.45, 2.75) is 20.3 Å². The van der Waals surface area contributed by atoms with Crippen LogP contribution in [0.25, 0.3) is 0 Å². The van der Waals surface area contributed by atoms with Crippen LogP contribution in [0.15, 0.2) is 6.07 Å². The van der Waals surface area contributed by atoms with Crippen molar-refractivity contribution >= 4 is 5.82 Å². The summed E-state index contributed by atoms with van der Waals surface area (Å²) in [6.45, 7) is 8.62. The van der Waals surface area contributed by atoms with Crippen molar-refractivity contribution in [3.63, 3.8) is 0 Å². The van der Waals surface area contributed by atoms with E-state index in [0.29, 0.717) is 12.5 Å². The molecule has 2 rings (SSSR count). The smallest absolute Gasteiger partial charge is 0.218 e. The monoisotopic (exact) mass is 236 g/mol. The Hall–Kier alpha value is -1.36. The minimum atomic E-state index is 0.636. The van der Waals surface area contributed by atoms with E-state index in [-0.39, 0.29) is 0 Å². The molecule has 1 aromatic heterocycles. The van der Waals surface area contributed by atoms with Crippen LogP contribution in [0.1, 0.15) is 19.2 Å². The third kappa shape index (κ3) is 3.30. The lowest BCUT2D eigenvalue weighted by atomic mass is 10.4. The van der Waals surface area contributed by atoms with Crippen molar-refractivity contribution in [1.29, 1.82) is 0 Å². The van der Waals surface area contributed by atoms with E-state index in [9.17, 15) is 0 Å². The van der Waals surface area contributed by atoms with Crippen molar-refractivity contribution in [3.05, 3.63) is 11.9 Å². The van der Waals surface area contributed by atoms with Crippen LogP contribution in [-0.4, -0.2) is 42.8 Å². The Bertz CT molecular complexity index is 362. The molecule has 1 saturated heterocycles. The number of aromatic nitrogens is 2. The largest absolute Gasteiger partial charge is 0.478 e. The zero-order valence-electron chi connectivity index (χ0n) is 10.6. The maximum absolute atomic E-state index is 5.46. The summed E-state index contributed by atoms with van der Waals surface area (Å²) in [5.41, 5.74) is 0. The lowest BCUT2D eigenvalue weighted by molar-refractivity contribution is 0.325. The number of hydrogen-bond donors (Lipinski definition) is 1. The van der Waals surface area contributed by atoms with Gasteiger partial charge in [0.25, 0.3) is 0 Å². The first-order chi connectivity index (χ1) is 8.29. The molecule has 0 amide bonds. The second kappa shape index (κ2) is 5.82.